The molecule has 1 fully saturated rings. The van der Waals surface area contributed by atoms with Crippen molar-refractivity contribution in [3.63, 3.8) is 0 Å². The zero-order chi connectivity index (χ0) is 21.3. The summed E-state index contributed by atoms with van der Waals surface area (Å²) < 4.78 is 0. The topological polar surface area (TPSA) is 44.4 Å². The standard InChI is InChI=1S/C27H27N3O/c31-27(29-17-7-11-23-10-6-16-28-21-23)25-14-15-26(30-18-4-5-19-30)24(20-25)13-12-22-8-2-1-3-9-22/h1-3,8-10,14-16,20-21,28H,4-5,7,11,17-19H2,(H,29,31). The fourth-order valence-electron chi connectivity index (χ4n) is 3.80. The van der Waals surface area contributed by atoms with Crippen molar-refractivity contribution in [2.24, 2.45) is 0 Å². The van der Waals surface area contributed by atoms with E-state index in [-0.39, 0.29) is 5.91 Å². The number of rotatable bonds is 6. The summed E-state index contributed by atoms with van der Waals surface area (Å²) in [5.41, 5.74) is 7.88. The van der Waals surface area contributed by atoms with Crippen LogP contribution in [0.15, 0.2) is 78.3 Å². The molecule has 4 nitrogen and oxygen atoms in total. The molecule has 2 aromatic carbocycles. The minimum atomic E-state index is -0.0538. The fourth-order valence-corrected chi connectivity index (χ4v) is 3.80. The second-order valence-electron chi connectivity index (χ2n) is 7.74. The predicted octanol–water partition coefficient (Wildman–Crippen LogP) is 4.35. The zero-order valence-corrected chi connectivity index (χ0v) is 17.7. The second kappa shape index (κ2) is 10.4. The highest BCUT2D eigenvalue weighted by Crippen LogP contribution is 2.25. The molecule has 1 amide bonds. The third-order valence-electron chi connectivity index (χ3n) is 5.45. The van der Waals surface area contributed by atoms with E-state index in [2.05, 4.69) is 33.1 Å². The van der Waals surface area contributed by atoms with Crippen LogP contribution in [-0.2, 0) is 0 Å². The van der Waals surface area contributed by atoms with E-state index in [1.54, 1.807) is 6.20 Å². The Labute approximate surface area is 184 Å². The van der Waals surface area contributed by atoms with Crippen molar-refractivity contribution < 1.29 is 4.79 Å². The SMILES string of the molecule is O=C(NCCCC1=CNC=C=C1)c1ccc(N2CCCC2)c(C#Cc2ccccc2)c1. The highest BCUT2D eigenvalue weighted by Gasteiger charge is 2.17. The van der Waals surface area contributed by atoms with Crippen molar-refractivity contribution in [3.8, 4) is 11.8 Å². The van der Waals surface area contributed by atoms with Gasteiger partial charge in [-0.3, -0.25) is 4.79 Å². The summed E-state index contributed by atoms with van der Waals surface area (Å²) in [7, 11) is 0. The quantitative estimate of drug-likeness (QED) is 0.423. The van der Waals surface area contributed by atoms with Crippen molar-refractivity contribution in [1.82, 2.24) is 10.6 Å². The number of hydrogen-bond acceptors (Lipinski definition) is 3. The Morgan fingerprint density at radius 3 is 2.71 bits per heavy atom. The van der Waals surface area contributed by atoms with Crippen LogP contribution >= 0.6 is 0 Å². The molecule has 156 valence electrons. The molecular formula is C27H27N3O. The maximum absolute atomic E-state index is 12.7. The molecule has 0 aliphatic carbocycles. The first kappa shape index (κ1) is 20.6. The summed E-state index contributed by atoms with van der Waals surface area (Å²) in [6.45, 7) is 2.71. The Bertz CT molecular complexity index is 1080. The lowest BCUT2D eigenvalue weighted by atomic mass is 10.1. The first-order valence-corrected chi connectivity index (χ1v) is 10.9. The minimum Gasteiger partial charge on any atom is -0.371 e. The normalized spacial score (nSPS) is 14.5. The monoisotopic (exact) mass is 409 g/mol. The number of amides is 1. The summed E-state index contributed by atoms with van der Waals surface area (Å²) in [6, 6.07) is 15.9. The Kier molecular flexibility index (Phi) is 6.90. The molecule has 0 saturated carbocycles. The first-order valence-electron chi connectivity index (χ1n) is 10.9. The average molecular weight is 410 g/mol. The van der Waals surface area contributed by atoms with E-state index in [9.17, 15) is 4.79 Å². The van der Waals surface area contributed by atoms with Gasteiger partial charge in [-0.2, -0.15) is 0 Å². The minimum absolute atomic E-state index is 0.0538. The van der Waals surface area contributed by atoms with Crippen LogP contribution in [0.2, 0.25) is 0 Å². The van der Waals surface area contributed by atoms with E-state index in [4.69, 9.17) is 0 Å². The summed E-state index contributed by atoms with van der Waals surface area (Å²) in [5.74, 6) is 6.51. The van der Waals surface area contributed by atoms with Crippen LogP contribution < -0.4 is 15.5 Å². The van der Waals surface area contributed by atoms with Gasteiger partial charge < -0.3 is 15.5 Å². The summed E-state index contributed by atoms with van der Waals surface area (Å²) >= 11 is 0. The molecule has 0 aromatic heterocycles. The van der Waals surface area contributed by atoms with Crippen molar-refractivity contribution >= 4 is 11.6 Å². The van der Waals surface area contributed by atoms with Gasteiger partial charge in [0.1, 0.15) is 0 Å². The van der Waals surface area contributed by atoms with E-state index >= 15 is 0 Å². The molecule has 2 aliphatic heterocycles. The van der Waals surface area contributed by atoms with Crippen LogP contribution in [0.5, 0.6) is 0 Å². The van der Waals surface area contributed by atoms with Gasteiger partial charge in [0.05, 0.1) is 5.69 Å². The Morgan fingerprint density at radius 1 is 1.10 bits per heavy atom. The molecule has 0 spiro atoms. The smallest absolute Gasteiger partial charge is 0.251 e. The van der Waals surface area contributed by atoms with E-state index in [0.29, 0.717) is 12.1 Å². The molecule has 0 radical (unpaired) electrons. The van der Waals surface area contributed by atoms with Gasteiger partial charge in [-0.1, -0.05) is 30.0 Å². The fraction of sp³-hybridized carbons (Fsp3) is 0.259. The van der Waals surface area contributed by atoms with E-state index in [1.165, 1.54) is 18.4 Å². The Hall–Kier alpha value is -3.67. The summed E-state index contributed by atoms with van der Waals surface area (Å²) in [5, 5.41) is 6.07. The van der Waals surface area contributed by atoms with Crippen molar-refractivity contribution in [3.05, 3.63) is 95.0 Å². The third-order valence-corrected chi connectivity index (χ3v) is 5.45. The number of benzene rings is 2. The molecule has 31 heavy (non-hydrogen) atoms. The van der Waals surface area contributed by atoms with Gasteiger partial charge in [-0.15, -0.1) is 5.73 Å². The molecule has 1 saturated heterocycles. The number of allylic oxidation sites excluding steroid dienone is 2. The van der Waals surface area contributed by atoms with E-state index < -0.39 is 0 Å². The molecule has 2 aliphatic rings. The Balaban J connectivity index is 1.45. The van der Waals surface area contributed by atoms with Crippen LogP contribution in [0.3, 0.4) is 0 Å². The van der Waals surface area contributed by atoms with E-state index in [1.807, 2.05) is 60.8 Å². The van der Waals surface area contributed by atoms with Gasteiger partial charge >= 0.3 is 0 Å². The molecule has 0 bridgehead atoms. The molecule has 0 atom stereocenters. The zero-order valence-electron chi connectivity index (χ0n) is 17.7. The van der Waals surface area contributed by atoms with Crippen molar-refractivity contribution in [2.75, 3.05) is 24.5 Å². The van der Waals surface area contributed by atoms with Gasteiger partial charge in [-0.25, -0.2) is 0 Å². The van der Waals surface area contributed by atoms with Gasteiger partial charge in [0.25, 0.3) is 5.91 Å². The highest BCUT2D eigenvalue weighted by atomic mass is 16.1. The van der Waals surface area contributed by atoms with Gasteiger partial charge in [0.2, 0.25) is 0 Å². The van der Waals surface area contributed by atoms with E-state index in [0.717, 1.165) is 42.7 Å². The average Bonchev–Trinajstić information content (AvgIpc) is 3.36. The molecule has 0 unspecified atom stereocenters. The van der Waals surface area contributed by atoms with Crippen LogP contribution in [-0.4, -0.2) is 25.5 Å². The van der Waals surface area contributed by atoms with Gasteiger partial charge in [0, 0.05) is 48.7 Å². The first-order chi connectivity index (χ1) is 15.3. The number of anilines is 1. The lowest BCUT2D eigenvalue weighted by Crippen LogP contribution is -2.25. The largest absolute Gasteiger partial charge is 0.371 e. The maximum Gasteiger partial charge on any atom is 0.251 e. The van der Waals surface area contributed by atoms with Crippen LogP contribution in [0.1, 0.15) is 47.2 Å². The number of hydrogen-bond donors (Lipinski definition) is 2. The molecule has 4 heteroatoms. The van der Waals surface area contributed by atoms with Gasteiger partial charge in [-0.05, 0) is 67.7 Å². The van der Waals surface area contributed by atoms with Crippen LogP contribution in [0, 0.1) is 11.8 Å². The lowest BCUT2D eigenvalue weighted by molar-refractivity contribution is 0.0953. The third kappa shape index (κ3) is 5.69. The molecular weight excluding hydrogens is 382 g/mol. The summed E-state index contributed by atoms with van der Waals surface area (Å²) in [4.78, 5) is 15.1. The number of carbonyl (C=O) groups is 1. The number of nitrogens with zero attached hydrogens (tertiary/aromatic N) is 1. The molecule has 2 heterocycles. The predicted molar refractivity (Wildman–Crippen MR) is 126 cm³/mol. The molecule has 2 aromatic rings. The number of nitrogens with one attached hydrogen (secondary N) is 2. The maximum atomic E-state index is 12.7. The second-order valence-corrected chi connectivity index (χ2v) is 7.74. The summed E-state index contributed by atoms with van der Waals surface area (Å²) in [6.07, 6.45) is 9.88. The van der Waals surface area contributed by atoms with Crippen molar-refractivity contribution in [1.29, 1.82) is 0 Å². The van der Waals surface area contributed by atoms with Crippen LogP contribution in [0.25, 0.3) is 0 Å². The highest BCUT2D eigenvalue weighted by molar-refractivity contribution is 5.95. The van der Waals surface area contributed by atoms with Crippen molar-refractivity contribution in [2.45, 2.75) is 25.7 Å². The Morgan fingerprint density at radius 2 is 1.94 bits per heavy atom. The molecule has 4 rings (SSSR count). The lowest BCUT2D eigenvalue weighted by Gasteiger charge is -2.20. The molecule has 2 N–H and O–H groups in total. The van der Waals surface area contributed by atoms with Crippen LogP contribution in [0.4, 0.5) is 5.69 Å². The van der Waals surface area contributed by atoms with Gasteiger partial charge in [0.15, 0.2) is 0 Å². The number of carbonyl (C=O) groups excluding carboxylic acids is 1.